The zero-order chi connectivity index (χ0) is 15.5. The van der Waals surface area contributed by atoms with Gasteiger partial charge in [0.25, 0.3) is 0 Å². The van der Waals surface area contributed by atoms with Crippen LogP contribution in [0.5, 0.6) is 0 Å². The summed E-state index contributed by atoms with van der Waals surface area (Å²) in [5, 5.41) is 3.26. The number of nitrogens with zero attached hydrogens (tertiary/aromatic N) is 2. The largest absolute Gasteiger partial charge is 0.357 e. The maximum atomic E-state index is 4.96. The van der Waals surface area contributed by atoms with E-state index in [1.807, 2.05) is 7.05 Å². The van der Waals surface area contributed by atoms with Crippen LogP contribution in [0.25, 0.3) is 0 Å². The van der Waals surface area contributed by atoms with Gasteiger partial charge in [-0.05, 0) is 37.6 Å². The van der Waals surface area contributed by atoms with Crippen molar-refractivity contribution >= 4 is 5.82 Å². The molecular weight excluding hydrogens is 258 g/mol. The molecule has 21 heavy (non-hydrogen) atoms. The summed E-state index contributed by atoms with van der Waals surface area (Å²) >= 11 is 0. The van der Waals surface area contributed by atoms with Crippen LogP contribution in [0.3, 0.4) is 0 Å². The molecule has 0 amide bonds. The molecule has 3 heteroatoms. The zero-order valence-corrected chi connectivity index (χ0v) is 14.4. The molecule has 118 valence electrons. The first-order valence-corrected chi connectivity index (χ1v) is 8.30. The summed E-state index contributed by atoms with van der Waals surface area (Å²) in [6.45, 7) is 7.62. The molecule has 2 rings (SSSR count). The number of rotatable bonds is 4. The molecule has 0 saturated heterocycles. The van der Waals surface area contributed by atoms with Gasteiger partial charge in [-0.25, -0.2) is 4.98 Å². The van der Waals surface area contributed by atoms with Crippen LogP contribution in [-0.2, 0) is 12.0 Å². The lowest BCUT2D eigenvalue weighted by Gasteiger charge is -2.33. The molecule has 1 N–H and O–H groups in total. The molecular formula is C18H31N3. The predicted octanol–water partition coefficient (Wildman–Crippen LogP) is 3.87. The Bertz CT molecular complexity index is 456. The highest BCUT2D eigenvalue weighted by molar-refractivity contribution is 5.44. The summed E-state index contributed by atoms with van der Waals surface area (Å²) in [6, 6.07) is 5.15. The van der Waals surface area contributed by atoms with Crippen LogP contribution in [0, 0.1) is 0 Å². The minimum absolute atomic E-state index is 0.0892. The Labute approximate surface area is 130 Å². The molecule has 1 heterocycles. The van der Waals surface area contributed by atoms with Gasteiger partial charge in [0.1, 0.15) is 5.82 Å². The number of nitrogens with one attached hydrogen (secondary N) is 1. The van der Waals surface area contributed by atoms with E-state index in [0.29, 0.717) is 6.04 Å². The van der Waals surface area contributed by atoms with E-state index in [1.54, 1.807) is 0 Å². The fourth-order valence-electron chi connectivity index (χ4n) is 3.10. The average molecular weight is 289 g/mol. The topological polar surface area (TPSA) is 28.2 Å². The third kappa shape index (κ3) is 4.19. The zero-order valence-electron chi connectivity index (χ0n) is 14.4. The van der Waals surface area contributed by atoms with Crippen LogP contribution in [0.4, 0.5) is 5.82 Å². The van der Waals surface area contributed by atoms with Gasteiger partial charge in [-0.2, -0.15) is 0 Å². The van der Waals surface area contributed by atoms with Gasteiger partial charge < -0.3 is 10.2 Å². The summed E-state index contributed by atoms with van der Waals surface area (Å²) in [7, 11) is 4.22. The van der Waals surface area contributed by atoms with E-state index < -0.39 is 0 Å². The molecule has 0 aliphatic heterocycles. The molecule has 1 saturated carbocycles. The van der Waals surface area contributed by atoms with E-state index in [9.17, 15) is 0 Å². The predicted molar refractivity (Wildman–Crippen MR) is 91.0 cm³/mol. The highest BCUT2D eigenvalue weighted by Gasteiger charge is 2.22. The van der Waals surface area contributed by atoms with Crippen LogP contribution in [0.1, 0.15) is 64.1 Å². The van der Waals surface area contributed by atoms with Crippen LogP contribution in [0.15, 0.2) is 12.1 Å². The number of hydrogen-bond acceptors (Lipinski definition) is 3. The van der Waals surface area contributed by atoms with Crippen molar-refractivity contribution in [2.24, 2.45) is 0 Å². The highest BCUT2D eigenvalue weighted by Crippen LogP contribution is 2.28. The molecule has 0 aromatic carbocycles. The van der Waals surface area contributed by atoms with Crippen molar-refractivity contribution in [3.05, 3.63) is 23.4 Å². The fourth-order valence-corrected chi connectivity index (χ4v) is 3.10. The van der Waals surface area contributed by atoms with Crippen molar-refractivity contribution in [2.75, 3.05) is 19.0 Å². The molecule has 3 nitrogen and oxygen atoms in total. The first kappa shape index (κ1) is 16.3. The minimum atomic E-state index is 0.0892. The second-order valence-corrected chi connectivity index (χ2v) is 7.40. The monoisotopic (exact) mass is 289 g/mol. The number of anilines is 1. The molecule has 0 atom stereocenters. The summed E-state index contributed by atoms with van der Waals surface area (Å²) in [6.07, 6.45) is 6.72. The van der Waals surface area contributed by atoms with E-state index in [2.05, 4.69) is 50.2 Å². The van der Waals surface area contributed by atoms with E-state index >= 15 is 0 Å². The number of pyridine rings is 1. The standard InChI is InChI=1S/C18H31N3/c1-18(2,3)16-11-14(13-19-4)12-17(20-16)21(5)15-9-7-6-8-10-15/h11-12,15,19H,6-10,13H2,1-5H3. The van der Waals surface area contributed by atoms with Gasteiger partial charge in [0.15, 0.2) is 0 Å². The Hall–Kier alpha value is -1.09. The summed E-state index contributed by atoms with van der Waals surface area (Å²) in [5.41, 5.74) is 2.61. The lowest BCUT2D eigenvalue weighted by molar-refractivity contribution is 0.425. The van der Waals surface area contributed by atoms with Gasteiger partial charge in [0.05, 0.1) is 0 Å². The second-order valence-electron chi connectivity index (χ2n) is 7.40. The lowest BCUT2D eigenvalue weighted by atomic mass is 9.90. The van der Waals surface area contributed by atoms with E-state index in [-0.39, 0.29) is 5.41 Å². The number of aromatic nitrogens is 1. The average Bonchev–Trinajstić information content (AvgIpc) is 2.46. The fraction of sp³-hybridized carbons (Fsp3) is 0.722. The van der Waals surface area contributed by atoms with Crippen molar-refractivity contribution in [1.82, 2.24) is 10.3 Å². The Morgan fingerprint density at radius 2 is 1.86 bits per heavy atom. The summed E-state index contributed by atoms with van der Waals surface area (Å²) < 4.78 is 0. The van der Waals surface area contributed by atoms with E-state index in [0.717, 1.165) is 12.4 Å². The second kappa shape index (κ2) is 6.78. The molecule has 1 fully saturated rings. The lowest BCUT2D eigenvalue weighted by Crippen LogP contribution is -2.34. The Balaban J connectivity index is 2.30. The molecule has 1 aliphatic rings. The van der Waals surface area contributed by atoms with Crippen molar-refractivity contribution < 1.29 is 0 Å². The molecule has 1 aromatic rings. The first-order valence-electron chi connectivity index (χ1n) is 8.30. The van der Waals surface area contributed by atoms with Crippen molar-refractivity contribution in [3.8, 4) is 0 Å². The van der Waals surface area contributed by atoms with Crippen molar-refractivity contribution in [3.63, 3.8) is 0 Å². The van der Waals surface area contributed by atoms with Crippen molar-refractivity contribution in [2.45, 2.75) is 70.9 Å². The third-order valence-corrected chi connectivity index (χ3v) is 4.50. The first-order chi connectivity index (χ1) is 9.91. The normalized spacial score (nSPS) is 17.0. The smallest absolute Gasteiger partial charge is 0.129 e. The number of hydrogen-bond donors (Lipinski definition) is 1. The van der Waals surface area contributed by atoms with E-state index in [4.69, 9.17) is 4.98 Å². The van der Waals surface area contributed by atoms with Gasteiger partial charge in [0, 0.05) is 30.7 Å². The third-order valence-electron chi connectivity index (χ3n) is 4.50. The molecule has 0 radical (unpaired) electrons. The quantitative estimate of drug-likeness (QED) is 0.912. The van der Waals surface area contributed by atoms with Gasteiger partial charge in [0.2, 0.25) is 0 Å². The minimum Gasteiger partial charge on any atom is -0.357 e. The maximum Gasteiger partial charge on any atom is 0.129 e. The van der Waals surface area contributed by atoms with Gasteiger partial charge >= 0.3 is 0 Å². The summed E-state index contributed by atoms with van der Waals surface area (Å²) in [5.74, 6) is 1.14. The van der Waals surface area contributed by atoms with Crippen molar-refractivity contribution in [1.29, 1.82) is 0 Å². The maximum absolute atomic E-state index is 4.96. The van der Waals surface area contributed by atoms with Crippen LogP contribution in [-0.4, -0.2) is 25.1 Å². The molecule has 1 aromatic heterocycles. The Kier molecular flexibility index (Phi) is 5.26. The molecule has 0 bridgehead atoms. The van der Waals surface area contributed by atoms with Crippen LogP contribution < -0.4 is 10.2 Å². The molecule has 0 unspecified atom stereocenters. The van der Waals surface area contributed by atoms with Gasteiger partial charge in [-0.1, -0.05) is 40.0 Å². The van der Waals surface area contributed by atoms with Crippen LogP contribution in [0.2, 0.25) is 0 Å². The SMILES string of the molecule is CNCc1cc(N(C)C2CCCCC2)nc(C(C)(C)C)c1. The van der Waals surface area contributed by atoms with Gasteiger partial charge in [-0.15, -0.1) is 0 Å². The van der Waals surface area contributed by atoms with E-state index in [1.165, 1.54) is 43.4 Å². The molecule has 0 spiro atoms. The molecule has 1 aliphatic carbocycles. The van der Waals surface area contributed by atoms with Gasteiger partial charge in [-0.3, -0.25) is 0 Å². The van der Waals surface area contributed by atoms with Crippen LogP contribution >= 0.6 is 0 Å². The summed E-state index contributed by atoms with van der Waals surface area (Å²) in [4.78, 5) is 7.37. The Morgan fingerprint density at radius 3 is 2.43 bits per heavy atom. The Morgan fingerprint density at radius 1 is 1.19 bits per heavy atom. The highest BCUT2D eigenvalue weighted by atomic mass is 15.2.